The fourth-order valence-electron chi connectivity index (χ4n) is 14.5. The number of Topliss-reactive ketones (excluding diaryl/α,β-unsaturated/α-hetero) is 1. The van der Waals surface area contributed by atoms with E-state index >= 15 is 0 Å². The van der Waals surface area contributed by atoms with Crippen LogP contribution in [0.5, 0.6) is 0 Å². The van der Waals surface area contributed by atoms with Crippen LogP contribution in [0.3, 0.4) is 0 Å². The van der Waals surface area contributed by atoms with Crippen LogP contribution in [0.15, 0.2) is 21.6 Å². The fraction of sp³-hybridized carbons (Fsp3) is 0.771. The van der Waals surface area contributed by atoms with Crippen molar-refractivity contribution < 1.29 is 38.2 Å². The van der Waals surface area contributed by atoms with Crippen molar-refractivity contribution in [1.82, 2.24) is 10.6 Å². The van der Waals surface area contributed by atoms with E-state index in [-0.39, 0.29) is 69.6 Å². The lowest BCUT2D eigenvalue weighted by molar-refractivity contribution is -0.235. The van der Waals surface area contributed by atoms with Crippen molar-refractivity contribution in [2.45, 2.75) is 171 Å². The first kappa shape index (κ1) is 42.7. The third kappa shape index (κ3) is 6.01. The predicted octanol–water partition coefficient (Wildman–Crippen LogP) is 8.91. The van der Waals surface area contributed by atoms with Gasteiger partial charge in [0.05, 0.1) is 22.9 Å². The molecule has 5 saturated carbocycles. The largest absolute Gasteiger partial charge is 0.481 e. The summed E-state index contributed by atoms with van der Waals surface area (Å²) in [5, 5.41) is 16.1. The first-order valence-corrected chi connectivity index (χ1v) is 22.1. The van der Waals surface area contributed by atoms with Crippen molar-refractivity contribution >= 4 is 29.5 Å². The maximum Gasteiger partial charge on any atom is 0.309 e. The molecule has 1 unspecified atom stereocenters. The van der Waals surface area contributed by atoms with E-state index in [1.54, 1.807) is 33.8 Å². The van der Waals surface area contributed by atoms with Gasteiger partial charge in [-0.3, -0.25) is 24.0 Å². The van der Waals surface area contributed by atoms with Crippen LogP contribution in [0, 0.1) is 76.4 Å². The van der Waals surface area contributed by atoms with Crippen LogP contribution in [0.25, 0.3) is 0 Å². The first-order valence-electron chi connectivity index (χ1n) is 22.1. The lowest BCUT2D eigenvalue weighted by Gasteiger charge is -2.72. The van der Waals surface area contributed by atoms with Gasteiger partial charge in [-0.15, -0.1) is 0 Å². The Balaban J connectivity index is 1.14. The Morgan fingerprint density at radius 1 is 0.862 bits per heavy atom. The van der Waals surface area contributed by atoms with Crippen molar-refractivity contribution in [1.29, 1.82) is 0 Å². The second-order valence-corrected chi connectivity index (χ2v) is 22.4. The summed E-state index contributed by atoms with van der Waals surface area (Å²) in [6.07, 6.45) is 7.67. The molecule has 6 aliphatic rings. The van der Waals surface area contributed by atoms with Gasteiger partial charge >= 0.3 is 11.9 Å². The number of ketones is 1. The molecule has 0 aliphatic heterocycles. The van der Waals surface area contributed by atoms with E-state index in [1.807, 2.05) is 13.8 Å². The Kier molecular flexibility index (Phi) is 9.96. The van der Waals surface area contributed by atoms with Crippen LogP contribution < -0.4 is 10.6 Å². The Morgan fingerprint density at radius 3 is 2.12 bits per heavy atom. The number of amides is 2. The number of esters is 1. The lowest BCUT2D eigenvalue weighted by Crippen LogP contribution is -2.68. The molecule has 0 spiro atoms. The van der Waals surface area contributed by atoms with Gasteiger partial charge in [0, 0.05) is 11.8 Å². The topological polar surface area (TPSA) is 152 Å². The van der Waals surface area contributed by atoms with E-state index in [2.05, 4.69) is 59.1 Å². The van der Waals surface area contributed by atoms with E-state index in [0.717, 1.165) is 56.1 Å². The van der Waals surface area contributed by atoms with Crippen molar-refractivity contribution in [3.05, 3.63) is 34.3 Å². The number of allylic oxidation sites excluding steroid dienone is 1. The number of aliphatic carboxylic acids is 1. The van der Waals surface area contributed by atoms with Crippen LogP contribution in [0.4, 0.5) is 0 Å². The zero-order valence-corrected chi connectivity index (χ0v) is 37.5. The zero-order chi connectivity index (χ0) is 42.9. The van der Waals surface area contributed by atoms with Gasteiger partial charge in [-0.25, -0.2) is 0 Å². The van der Waals surface area contributed by atoms with Crippen molar-refractivity contribution in [2.75, 3.05) is 0 Å². The summed E-state index contributed by atoms with van der Waals surface area (Å²) < 4.78 is 12.0. The number of furan rings is 1. The highest BCUT2D eigenvalue weighted by Gasteiger charge is 2.71. The molecule has 6 aliphatic carbocycles. The molecule has 3 N–H and O–H groups in total. The molecule has 7 rings (SSSR count). The minimum Gasteiger partial charge on any atom is -0.481 e. The second kappa shape index (κ2) is 13.5. The van der Waals surface area contributed by atoms with Crippen LogP contribution >= 0.6 is 0 Å². The molecule has 0 saturated heterocycles. The number of hydrogen-bond donors (Lipinski definition) is 3. The number of hydrogen-bond acceptors (Lipinski definition) is 7. The number of carbonyl (C=O) groups is 5. The van der Waals surface area contributed by atoms with Gasteiger partial charge < -0.3 is 24.9 Å². The third-order valence-corrected chi connectivity index (χ3v) is 18.1. The van der Waals surface area contributed by atoms with E-state index in [9.17, 15) is 29.1 Å². The van der Waals surface area contributed by atoms with E-state index in [4.69, 9.17) is 9.15 Å². The standard InChI is InChI=1S/C48H70N2O8/c1-25(2)36-32(51)24-48(50-41(56)44(9,10)49-38(52)28-22-26(3)57-27(28)4)21-20-46(12)29(37(36)48)14-15-34-45(11)18-17-35(43(7,8)33(45)16-19-47(34,46)13)58-40(55)31-23-30(39(53)54)42(31,5)6/h22,25,29-31,33-35H,14-21,23-24H2,1-13H3,(H,49,52)(H,50,56)(H,53,54)/t29-,30+,31?,33+,34-,35+,45+,46-,47-,48-/m1/s1. The highest BCUT2D eigenvalue weighted by molar-refractivity contribution is 6.04. The number of fused-ring (bicyclic) bond motifs is 7. The van der Waals surface area contributed by atoms with Gasteiger partial charge in [-0.2, -0.15) is 0 Å². The maximum atomic E-state index is 14.4. The molecule has 320 valence electrons. The number of rotatable bonds is 8. The summed E-state index contributed by atoms with van der Waals surface area (Å²) in [5.74, 6) is -0.507. The van der Waals surface area contributed by atoms with Gasteiger partial charge in [0.2, 0.25) is 5.91 Å². The number of nitrogens with one attached hydrogen (secondary N) is 2. The van der Waals surface area contributed by atoms with Crippen LogP contribution in [-0.4, -0.2) is 51.8 Å². The normalized spacial score (nSPS) is 38.8. The van der Waals surface area contributed by atoms with Crippen molar-refractivity contribution in [2.24, 2.45) is 62.6 Å². The average molecular weight is 803 g/mol. The van der Waals surface area contributed by atoms with Crippen molar-refractivity contribution in [3.8, 4) is 0 Å². The molecule has 10 heteroatoms. The monoisotopic (exact) mass is 803 g/mol. The maximum absolute atomic E-state index is 14.4. The number of carboxylic acid groups (broad SMARTS) is 1. The quantitative estimate of drug-likeness (QED) is 0.221. The molecule has 0 bridgehead atoms. The molecule has 5 fully saturated rings. The fourth-order valence-corrected chi connectivity index (χ4v) is 14.5. The summed E-state index contributed by atoms with van der Waals surface area (Å²) in [4.78, 5) is 67.4. The van der Waals surface area contributed by atoms with Gasteiger partial charge in [0.25, 0.3) is 5.91 Å². The Labute approximate surface area is 345 Å². The molecule has 0 aromatic carbocycles. The number of aryl methyl sites for hydroxylation is 2. The minimum atomic E-state index is -1.25. The molecule has 1 aromatic rings. The summed E-state index contributed by atoms with van der Waals surface area (Å²) >= 11 is 0. The minimum absolute atomic E-state index is 0.0155. The Morgan fingerprint density at radius 2 is 1.53 bits per heavy atom. The molecule has 2 amide bonds. The number of carboxylic acids is 1. The van der Waals surface area contributed by atoms with E-state index in [0.29, 0.717) is 41.8 Å². The zero-order valence-electron chi connectivity index (χ0n) is 37.5. The number of ether oxygens (including phenoxy) is 1. The summed E-state index contributed by atoms with van der Waals surface area (Å²) in [6, 6.07) is 1.69. The third-order valence-electron chi connectivity index (χ3n) is 18.1. The molecular formula is C48H70N2O8. The van der Waals surface area contributed by atoms with E-state index in [1.165, 1.54) is 0 Å². The van der Waals surface area contributed by atoms with Gasteiger partial charge in [-0.05, 0) is 148 Å². The van der Waals surface area contributed by atoms with Gasteiger partial charge in [0.15, 0.2) is 5.78 Å². The second-order valence-electron chi connectivity index (χ2n) is 22.4. The predicted molar refractivity (Wildman–Crippen MR) is 220 cm³/mol. The van der Waals surface area contributed by atoms with Crippen LogP contribution in [0.2, 0.25) is 0 Å². The average Bonchev–Trinajstić information content (AvgIpc) is 3.59. The summed E-state index contributed by atoms with van der Waals surface area (Å²) in [6.45, 7) is 27.0. The van der Waals surface area contributed by atoms with E-state index < -0.39 is 34.3 Å². The SMILES string of the molecule is Cc1cc(C(=O)NC(C)(C)C(=O)N[C@@]23CC[C@]4(C)[C@H](CC[C@@H]5[C@@]6(C)CC[C@H](OC(=O)C7C[C@@H](C(=O)O)C7(C)C)C(C)(C)[C@@H]6CC[C@]54C)C2=C(C(C)C)C(=O)C3)c(C)o1. The van der Waals surface area contributed by atoms with Gasteiger partial charge in [-0.1, -0.05) is 62.3 Å². The first-order chi connectivity index (χ1) is 26.7. The molecule has 10 atom stereocenters. The highest BCUT2D eigenvalue weighted by Crippen LogP contribution is 2.76. The Hall–Kier alpha value is -3.43. The highest BCUT2D eigenvalue weighted by atomic mass is 16.5. The molecule has 0 radical (unpaired) electrons. The molecule has 1 aromatic heterocycles. The Bertz CT molecular complexity index is 1970. The summed E-state index contributed by atoms with van der Waals surface area (Å²) in [5.41, 5.74) is -0.593. The van der Waals surface area contributed by atoms with Crippen LogP contribution in [-0.2, 0) is 23.9 Å². The molecule has 58 heavy (non-hydrogen) atoms. The molecule has 10 nitrogen and oxygen atoms in total. The van der Waals surface area contributed by atoms with Gasteiger partial charge in [0.1, 0.15) is 23.2 Å². The molecule has 1 heterocycles. The smallest absolute Gasteiger partial charge is 0.309 e. The lowest BCUT2D eigenvalue weighted by atomic mass is 9.33. The molecular weight excluding hydrogens is 733 g/mol. The van der Waals surface area contributed by atoms with Crippen molar-refractivity contribution in [3.63, 3.8) is 0 Å². The number of carbonyl (C=O) groups excluding carboxylic acids is 4. The summed E-state index contributed by atoms with van der Waals surface area (Å²) in [7, 11) is 0. The van der Waals surface area contributed by atoms with Crippen LogP contribution in [0.1, 0.15) is 162 Å².